The lowest BCUT2D eigenvalue weighted by atomic mass is 9.69. The summed E-state index contributed by atoms with van der Waals surface area (Å²) >= 11 is 3.27. The summed E-state index contributed by atoms with van der Waals surface area (Å²) in [7, 11) is 1.31. The average molecular weight is 564 g/mol. The van der Waals surface area contributed by atoms with E-state index in [1.54, 1.807) is 0 Å². The standard InChI is InChI=1S/C27H18BrNO8/c1-11(30)26-16-7-5-3-4-6-8-17(32)27(26,37-26)12-9-14(31)19-20(22(12)29-16)25(35)21-18(24(19)34)13(28)10-15(36-2)23(21)33/h3-4,9-11,16-17,29-33H,1-2H3/b4-3-/t11-,16+,17-,26+,27+/m1/s1. The van der Waals surface area contributed by atoms with Gasteiger partial charge in [0.1, 0.15) is 11.8 Å². The summed E-state index contributed by atoms with van der Waals surface area (Å²) in [6.45, 7) is 1.48. The molecule has 37 heavy (non-hydrogen) atoms. The van der Waals surface area contributed by atoms with Crippen molar-refractivity contribution in [1.29, 1.82) is 0 Å². The van der Waals surface area contributed by atoms with Crippen molar-refractivity contribution in [3.8, 4) is 40.9 Å². The molecule has 0 amide bonds. The van der Waals surface area contributed by atoms with Crippen molar-refractivity contribution in [2.24, 2.45) is 0 Å². The second-order valence-corrected chi connectivity index (χ2v) is 9.94. The number of aliphatic hydroxyl groups is 2. The molecule has 2 aromatic rings. The van der Waals surface area contributed by atoms with Gasteiger partial charge in [0.05, 0.1) is 41.2 Å². The first kappa shape index (κ1) is 23.6. The molecule has 0 aromatic heterocycles. The number of phenols is 2. The Kier molecular flexibility index (Phi) is 4.85. The van der Waals surface area contributed by atoms with Gasteiger partial charge in [-0.3, -0.25) is 9.59 Å². The van der Waals surface area contributed by atoms with Crippen molar-refractivity contribution in [2.45, 2.75) is 36.4 Å². The van der Waals surface area contributed by atoms with E-state index in [4.69, 9.17) is 9.47 Å². The lowest BCUT2D eigenvalue weighted by molar-refractivity contribution is 0.0867. The van der Waals surface area contributed by atoms with Gasteiger partial charge in [0.15, 0.2) is 34.6 Å². The number of anilines is 1. The number of ketones is 2. The molecule has 2 aromatic carbocycles. The molecule has 0 radical (unpaired) electrons. The molecule has 0 unspecified atom stereocenters. The number of phenolic OH excluding ortho intramolecular Hbond substituents is 2. The molecule has 1 fully saturated rings. The van der Waals surface area contributed by atoms with E-state index in [-0.39, 0.29) is 43.7 Å². The van der Waals surface area contributed by atoms with Gasteiger partial charge in [-0.15, -0.1) is 0 Å². The molecule has 9 nitrogen and oxygen atoms in total. The molecule has 0 spiro atoms. The Hall–Kier alpha value is -3.80. The van der Waals surface area contributed by atoms with Gasteiger partial charge in [0, 0.05) is 10.0 Å². The Morgan fingerprint density at radius 2 is 1.76 bits per heavy atom. The first-order valence-corrected chi connectivity index (χ1v) is 12.0. The van der Waals surface area contributed by atoms with Gasteiger partial charge in [-0.1, -0.05) is 23.7 Å². The molecular weight excluding hydrogens is 546 g/mol. The SMILES string of the molecule is COc1cc(Br)c2c(c1O)C(=O)c1c3c(cc(O)c1C2=O)[C@@]12O[C@@]1([C@@H](C)O)[C@H](C#C/C=C\C#C[C@H]2O)N3. The van der Waals surface area contributed by atoms with Crippen LogP contribution in [0.15, 0.2) is 28.8 Å². The number of ether oxygens (including phenoxy) is 2. The number of allylic oxidation sites excluding steroid dienone is 2. The smallest absolute Gasteiger partial charge is 0.200 e. The third kappa shape index (κ3) is 2.70. The van der Waals surface area contributed by atoms with Crippen molar-refractivity contribution in [1.82, 2.24) is 0 Å². The average Bonchev–Trinajstić information content (AvgIpc) is 3.59. The van der Waals surface area contributed by atoms with E-state index >= 15 is 0 Å². The molecule has 6 rings (SSSR count). The number of aromatic hydroxyl groups is 2. The number of carbonyl (C=O) groups excluding carboxylic acids is 2. The number of rotatable bonds is 2. The van der Waals surface area contributed by atoms with Crippen LogP contribution in [0.1, 0.15) is 44.3 Å². The van der Waals surface area contributed by atoms with Crippen LogP contribution in [0.4, 0.5) is 5.69 Å². The Balaban J connectivity index is 1.69. The third-order valence-electron chi connectivity index (χ3n) is 7.34. The van der Waals surface area contributed by atoms with Gasteiger partial charge >= 0.3 is 0 Å². The van der Waals surface area contributed by atoms with Crippen LogP contribution < -0.4 is 10.1 Å². The number of benzene rings is 2. The Labute approximate surface area is 218 Å². The van der Waals surface area contributed by atoms with Crippen molar-refractivity contribution < 1.29 is 39.5 Å². The van der Waals surface area contributed by atoms with E-state index in [9.17, 15) is 30.0 Å². The highest BCUT2D eigenvalue weighted by molar-refractivity contribution is 9.10. The van der Waals surface area contributed by atoms with E-state index < -0.39 is 52.5 Å². The first-order valence-electron chi connectivity index (χ1n) is 11.2. The minimum absolute atomic E-state index is 0.0318. The predicted octanol–water partition coefficient (Wildman–Crippen LogP) is 1.72. The second-order valence-electron chi connectivity index (χ2n) is 9.08. The van der Waals surface area contributed by atoms with Crippen LogP contribution in [0.2, 0.25) is 0 Å². The number of nitrogens with one attached hydrogen (secondary N) is 1. The fraction of sp³-hybridized carbons (Fsp3) is 0.259. The minimum atomic E-state index is -1.67. The Morgan fingerprint density at radius 1 is 1.08 bits per heavy atom. The quantitative estimate of drug-likeness (QED) is 0.178. The van der Waals surface area contributed by atoms with Gasteiger partial charge in [-0.2, -0.15) is 0 Å². The van der Waals surface area contributed by atoms with Crippen LogP contribution in [-0.2, 0) is 10.3 Å². The number of epoxide rings is 1. The van der Waals surface area contributed by atoms with E-state index in [2.05, 4.69) is 44.9 Å². The van der Waals surface area contributed by atoms with Crippen LogP contribution in [-0.4, -0.2) is 63.0 Å². The van der Waals surface area contributed by atoms with Crippen LogP contribution in [0.3, 0.4) is 0 Å². The van der Waals surface area contributed by atoms with Crippen LogP contribution in [0.25, 0.3) is 0 Å². The monoisotopic (exact) mass is 563 g/mol. The van der Waals surface area contributed by atoms with Gasteiger partial charge in [-0.25, -0.2) is 0 Å². The van der Waals surface area contributed by atoms with Crippen LogP contribution in [0, 0.1) is 23.7 Å². The molecule has 1 saturated heterocycles. The number of carbonyl (C=O) groups is 2. The number of hydrogen-bond acceptors (Lipinski definition) is 9. The molecule has 4 aliphatic rings. The first-order chi connectivity index (χ1) is 17.6. The maximum Gasteiger partial charge on any atom is 0.200 e. The number of hydrogen-bond donors (Lipinski definition) is 5. The van der Waals surface area contributed by atoms with Gasteiger partial charge in [-0.05, 0) is 47.1 Å². The number of aliphatic hydroxyl groups excluding tert-OH is 2. The molecule has 0 saturated carbocycles. The molecule has 10 heteroatoms. The summed E-state index contributed by atoms with van der Waals surface area (Å²) in [6.07, 6.45) is 0.282. The van der Waals surface area contributed by atoms with Crippen molar-refractivity contribution >= 4 is 33.2 Å². The summed E-state index contributed by atoms with van der Waals surface area (Å²) in [5.74, 6) is 8.54. The van der Waals surface area contributed by atoms with E-state index in [1.807, 2.05) is 0 Å². The minimum Gasteiger partial charge on any atom is -0.507 e. The fourth-order valence-corrected chi connectivity index (χ4v) is 6.29. The van der Waals surface area contributed by atoms with E-state index in [0.717, 1.165) is 0 Å². The molecule has 5 N–H and O–H groups in total. The number of halogens is 1. The highest BCUT2D eigenvalue weighted by Gasteiger charge is 2.82. The third-order valence-corrected chi connectivity index (χ3v) is 7.97. The molecule has 2 aliphatic carbocycles. The van der Waals surface area contributed by atoms with Gasteiger partial charge in [0.25, 0.3) is 0 Å². The van der Waals surface area contributed by atoms with Crippen molar-refractivity contribution in [3.63, 3.8) is 0 Å². The predicted molar refractivity (Wildman–Crippen MR) is 133 cm³/mol. The summed E-state index contributed by atoms with van der Waals surface area (Å²) < 4.78 is 11.5. The normalized spacial score (nSPS) is 29.4. The van der Waals surface area contributed by atoms with Crippen LogP contribution in [0.5, 0.6) is 17.2 Å². The largest absolute Gasteiger partial charge is 0.507 e. The van der Waals surface area contributed by atoms with Gasteiger partial charge in [0.2, 0.25) is 5.78 Å². The van der Waals surface area contributed by atoms with E-state index in [1.165, 1.54) is 38.3 Å². The van der Waals surface area contributed by atoms with Crippen molar-refractivity contribution in [2.75, 3.05) is 12.4 Å². The molecular formula is C27H18BrNO8. The Bertz CT molecular complexity index is 1620. The summed E-state index contributed by atoms with van der Waals surface area (Å²) in [5.41, 5.74) is -3.88. The lowest BCUT2D eigenvalue weighted by Gasteiger charge is -2.37. The Morgan fingerprint density at radius 3 is 2.43 bits per heavy atom. The number of methoxy groups -OCH3 is 1. The van der Waals surface area contributed by atoms with E-state index in [0.29, 0.717) is 0 Å². The zero-order valence-electron chi connectivity index (χ0n) is 19.3. The summed E-state index contributed by atoms with van der Waals surface area (Å²) in [6, 6.07) is 1.65. The molecule has 2 heterocycles. The van der Waals surface area contributed by atoms with Crippen LogP contribution >= 0.6 is 15.9 Å². The number of fused-ring (bicyclic) bond motifs is 4. The topological polar surface area (TPSA) is 149 Å². The molecule has 2 aliphatic heterocycles. The maximum atomic E-state index is 14.0. The summed E-state index contributed by atoms with van der Waals surface area (Å²) in [5, 5.41) is 47.0. The molecule has 5 atom stereocenters. The van der Waals surface area contributed by atoms with Gasteiger partial charge < -0.3 is 35.2 Å². The van der Waals surface area contributed by atoms with Crippen molar-refractivity contribution in [3.05, 3.63) is 56.6 Å². The zero-order valence-corrected chi connectivity index (χ0v) is 20.9. The highest BCUT2D eigenvalue weighted by atomic mass is 79.9. The second kappa shape index (κ2) is 7.60. The fourth-order valence-electron chi connectivity index (χ4n) is 5.71. The maximum absolute atomic E-state index is 14.0. The highest BCUT2D eigenvalue weighted by Crippen LogP contribution is 2.67. The zero-order chi connectivity index (χ0) is 26.4. The summed E-state index contributed by atoms with van der Waals surface area (Å²) in [4.78, 5) is 27.6. The lowest BCUT2D eigenvalue weighted by Crippen LogP contribution is -2.54. The molecule has 2 bridgehead atoms. The molecule has 186 valence electrons.